The lowest BCUT2D eigenvalue weighted by Gasteiger charge is -2.25. The zero-order valence-corrected chi connectivity index (χ0v) is 25.2. The van der Waals surface area contributed by atoms with Crippen molar-refractivity contribution in [2.45, 2.75) is 140 Å². The third-order valence-corrected chi connectivity index (χ3v) is 7.19. The molecule has 0 aromatic rings. The Balaban J connectivity index is 4.31. The third kappa shape index (κ3) is 20.1. The zero-order chi connectivity index (χ0) is 30.2. The lowest BCUT2D eigenvalue weighted by atomic mass is 10.0. The summed E-state index contributed by atoms with van der Waals surface area (Å²) in [4.78, 5) is 47.7. The van der Waals surface area contributed by atoms with E-state index in [1.165, 1.54) is 57.8 Å². The van der Waals surface area contributed by atoms with Gasteiger partial charge in [0.1, 0.15) is 18.7 Å². The summed E-state index contributed by atoms with van der Waals surface area (Å²) in [5.41, 5.74) is 11.2. The second-order valence-corrected chi connectivity index (χ2v) is 11.0. The molecule has 0 saturated heterocycles. The molecule has 0 saturated carbocycles. The van der Waals surface area contributed by atoms with Gasteiger partial charge in [0.2, 0.25) is 5.91 Å². The van der Waals surface area contributed by atoms with E-state index in [4.69, 9.17) is 16.2 Å². The van der Waals surface area contributed by atoms with Crippen molar-refractivity contribution in [2.75, 3.05) is 13.2 Å². The van der Waals surface area contributed by atoms with Crippen molar-refractivity contribution >= 4 is 36.4 Å². The summed E-state index contributed by atoms with van der Waals surface area (Å²) in [6, 6.07) is -3.83. The van der Waals surface area contributed by atoms with Crippen molar-refractivity contribution in [2.24, 2.45) is 11.5 Å². The summed E-state index contributed by atoms with van der Waals surface area (Å²) in [6.45, 7) is 2.12. The maximum atomic E-state index is 12.3. The molecule has 0 aromatic heterocycles. The quantitative estimate of drug-likeness (QED) is 0.0323. The normalized spacial score (nSPS) is 14.2. The van der Waals surface area contributed by atoms with Gasteiger partial charge in [0.25, 0.3) is 0 Å². The number of amides is 1. The molecule has 0 fully saturated rings. The molecular formula is C28H54N4O7S. The van der Waals surface area contributed by atoms with Crippen LogP contribution in [0.5, 0.6) is 0 Å². The molecule has 1 unspecified atom stereocenters. The Labute approximate surface area is 245 Å². The molecule has 1 amide bonds. The van der Waals surface area contributed by atoms with Gasteiger partial charge in [-0.1, -0.05) is 90.4 Å². The van der Waals surface area contributed by atoms with Crippen molar-refractivity contribution in [3.8, 4) is 0 Å². The van der Waals surface area contributed by atoms with Gasteiger partial charge in [0, 0.05) is 6.42 Å². The number of unbranched alkanes of at least 4 members (excludes halogenated alkanes) is 13. The first kappa shape index (κ1) is 38.1. The number of nitrogens with two attached hydrogens (primary N) is 2. The SMILES string of the molecule is CCCCCCCCCCCCCCCC(=O)N[C@H](C(=O)O)C(S)N[C@@H](COC(=O)[C@@H](N)CCCCN)C(=O)O. The largest absolute Gasteiger partial charge is 0.480 e. The van der Waals surface area contributed by atoms with Gasteiger partial charge in [-0.2, -0.15) is 12.6 Å². The second-order valence-electron chi connectivity index (χ2n) is 10.4. The van der Waals surface area contributed by atoms with E-state index in [0.29, 0.717) is 32.2 Å². The fourth-order valence-electron chi connectivity index (χ4n) is 4.22. The lowest BCUT2D eigenvalue weighted by molar-refractivity contribution is -0.150. The summed E-state index contributed by atoms with van der Waals surface area (Å²) in [5, 5.41) is 22.7. The Kier molecular flexibility index (Phi) is 23.7. The smallest absolute Gasteiger partial charge is 0.328 e. The highest BCUT2D eigenvalue weighted by Crippen LogP contribution is 2.13. The number of thiol groups is 1. The number of esters is 1. The highest BCUT2D eigenvalue weighted by molar-refractivity contribution is 7.81. The third-order valence-electron chi connectivity index (χ3n) is 6.74. The van der Waals surface area contributed by atoms with E-state index in [9.17, 15) is 29.4 Å². The summed E-state index contributed by atoms with van der Waals surface area (Å²) < 4.78 is 5.00. The number of carbonyl (C=O) groups is 4. The number of nitrogens with one attached hydrogen (secondary N) is 2. The van der Waals surface area contributed by atoms with Gasteiger partial charge < -0.3 is 31.7 Å². The van der Waals surface area contributed by atoms with Crippen LogP contribution in [0.2, 0.25) is 0 Å². The average Bonchev–Trinajstić information content (AvgIpc) is 2.91. The van der Waals surface area contributed by atoms with Crippen molar-refractivity contribution in [1.82, 2.24) is 10.6 Å². The van der Waals surface area contributed by atoms with E-state index in [-0.39, 0.29) is 6.42 Å². The molecule has 40 heavy (non-hydrogen) atoms. The number of hydrogen-bond acceptors (Lipinski definition) is 9. The minimum Gasteiger partial charge on any atom is -0.480 e. The summed E-state index contributed by atoms with van der Waals surface area (Å²) in [6.07, 6.45) is 17.1. The summed E-state index contributed by atoms with van der Waals surface area (Å²) >= 11 is 4.16. The highest BCUT2D eigenvalue weighted by atomic mass is 32.1. The molecule has 0 heterocycles. The zero-order valence-electron chi connectivity index (χ0n) is 24.3. The number of hydrogen-bond donors (Lipinski definition) is 7. The Morgan fingerprint density at radius 1 is 0.800 bits per heavy atom. The standard InChI is InChI=1S/C28H54N4O7S/c1-2-3-4-5-6-7-8-9-10-11-12-13-14-18-23(33)32-24(27(36)37)25(40)31-22(26(34)35)20-39-28(38)21(30)17-15-16-19-29/h21-22,24-25,31,40H,2-20,29-30H2,1H3,(H,32,33)(H,34,35)(H,36,37)/t21-,22-,24-,25?/m0/s1. The molecule has 11 nitrogen and oxygen atoms in total. The van der Waals surface area contributed by atoms with Gasteiger partial charge in [-0.15, -0.1) is 0 Å². The molecule has 12 heteroatoms. The number of aliphatic carboxylic acids is 2. The van der Waals surface area contributed by atoms with Crippen LogP contribution >= 0.6 is 12.6 Å². The van der Waals surface area contributed by atoms with Crippen LogP contribution < -0.4 is 22.1 Å². The van der Waals surface area contributed by atoms with Crippen LogP contribution in [0.3, 0.4) is 0 Å². The monoisotopic (exact) mass is 590 g/mol. The molecule has 0 bridgehead atoms. The summed E-state index contributed by atoms with van der Waals surface area (Å²) in [5.74, 6) is -3.94. The van der Waals surface area contributed by atoms with E-state index in [1.54, 1.807) is 0 Å². The van der Waals surface area contributed by atoms with E-state index in [0.717, 1.165) is 19.3 Å². The minimum absolute atomic E-state index is 0.171. The predicted octanol–water partition coefficient (Wildman–Crippen LogP) is 3.34. The van der Waals surface area contributed by atoms with Crippen molar-refractivity contribution < 1.29 is 34.1 Å². The maximum absolute atomic E-state index is 12.3. The Hall–Kier alpha value is -1.89. The predicted molar refractivity (Wildman–Crippen MR) is 159 cm³/mol. The van der Waals surface area contributed by atoms with Gasteiger partial charge in [-0.25, -0.2) is 4.79 Å². The molecule has 234 valence electrons. The van der Waals surface area contributed by atoms with Crippen LogP contribution in [0, 0.1) is 0 Å². The van der Waals surface area contributed by atoms with Crippen LogP contribution in [0.4, 0.5) is 0 Å². The first-order chi connectivity index (χ1) is 19.1. The molecule has 4 atom stereocenters. The number of ether oxygens (including phenoxy) is 1. The minimum atomic E-state index is -1.48. The van der Waals surface area contributed by atoms with Crippen LogP contribution in [0.1, 0.15) is 116 Å². The fourth-order valence-corrected chi connectivity index (χ4v) is 4.60. The van der Waals surface area contributed by atoms with Crippen molar-refractivity contribution in [1.29, 1.82) is 0 Å². The number of rotatable bonds is 27. The van der Waals surface area contributed by atoms with Crippen LogP contribution in [-0.4, -0.2) is 70.7 Å². The van der Waals surface area contributed by atoms with E-state index >= 15 is 0 Å². The van der Waals surface area contributed by atoms with Crippen molar-refractivity contribution in [3.05, 3.63) is 0 Å². The van der Waals surface area contributed by atoms with Crippen LogP contribution in [0.15, 0.2) is 0 Å². The Bertz CT molecular complexity index is 714. The van der Waals surface area contributed by atoms with Crippen LogP contribution in [-0.2, 0) is 23.9 Å². The van der Waals surface area contributed by atoms with Gasteiger partial charge in [0.15, 0.2) is 6.04 Å². The number of carbonyl (C=O) groups excluding carboxylic acids is 2. The fraction of sp³-hybridized carbons (Fsp3) is 0.857. The molecule has 0 radical (unpaired) electrons. The molecule has 0 spiro atoms. The topological polar surface area (TPSA) is 194 Å². The molecular weight excluding hydrogens is 536 g/mol. The molecule has 8 N–H and O–H groups in total. The Morgan fingerprint density at radius 2 is 1.32 bits per heavy atom. The molecule has 0 rings (SSSR count). The lowest BCUT2D eigenvalue weighted by Crippen LogP contribution is -2.56. The van der Waals surface area contributed by atoms with Gasteiger partial charge in [-0.3, -0.25) is 19.7 Å². The highest BCUT2D eigenvalue weighted by Gasteiger charge is 2.32. The molecule has 0 aliphatic carbocycles. The van der Waals surface area contributed by atoms with E-state index < -0.39 is 53.9 Å². The molecule has 0 aliphatic rings. The van der Waals surface area contributed by atoms with Gasteiger partial charge in [0.05, 0.1) is 5.37 Å². The first-order valence-electron chi connectivity index (χ1n) is 14.9. The average molecular weight is 591 g/mol. The number of carboxylic acid groups (broad SMARTS) is 2. The van der Waals surface area contributed by atoms with Gasteiger partial charge in [-0.05, 0) is 25.8 Å². The molecule has 0 aromatic carbocycles. The maximum Gasteiger partial charge on any atom is 0.328 e. The van der Waals surface area contributed by atoms with Crippen LogP contribution in [0.25, 0.3) is 0 Å². The van der Waals surface area contributed by atoms with Crippen molar-refractivity contribution in [3.63, 3.8) is 0 Å². The Morgan fingerprint density at radius 3 is 1.80 bits per heavy atom. The molecule has 0 aliphatic heterocycles. The van der Waals surface area contributed by atoms with E-state index in [1.807, 2.05) is 0 Å². The van der Waals surface area contributed by atoms with E-state index in [2.05, 4.69) is 30.2 Å². The number of carboxylic acids is 2. The summed E-state index contributed by atoms with van der Waals surface area (Å²) in [7, 11) is 0. The van der Waals surface area contributed by atoms with Gasteiger partial charge >= 0.3 is 17.9 Å². The first-order valence-corrected chi connectivity index (χ1v) is 15.5. The second kappa shape index (κ2) is 24.9.